The quantitative estimate of drug-likeness (QED) is 0.646. The zero-order valence-electron chi connectivity index (χ0n) is 11.8. The number of halogens is 3. The van der Waals surface area contributed by atoms with E-state index in [1.165, 1.54) is 0 Å². The molecule has 0 saturated carbocycles. The molecule has 1 fully saturated rings. The number of nitrogens with one attached hydrogen (secondary N) is 1. The maximum absolute atomic E-state index is 12.9. The normalized spacial score (nSPS) is 18.8. The third kappa shape index (κ3) is 3.98. The van der Waals surface area contributed by atoms with Gasteiger partial charge in [-0.15, -0.1) is 0 Å². The van der Waals surface area contributed by atoms with E-state index in [2.05, 4.69) is 10.4 Å². The lowest BCUT2D eigenvalue weighted by Crippen LogP contribution is -2.33. The van der Waals surface area contributed by atoms with Crippen molar-refractivity contribution in [2.75, 3.05) is 30.0 Å². The van der Waals surface area contributed by atoms with Gasteiger partial charge in [0.15, 0.2) is 0 Å². The fraction of sp³-hybridized carbons (Fsp3) is 0.615. The van der Waals surface area contributed by atoms with Gasteiger partial charge >= 0.3 is 6.18 Å². The number of hydrogen-bond donors (Lipinski definition) is 2. The van der Waals surface area contributed by atoms with Crippen LogP contribution in [-0.2, 0) is 10.9 Å². The van der Waals surface area contributed by atoms with Crippen molar-refractivity contribution in [1.82, 2.24) is 4.98 Å². The second-order valence-corrected chi connectivity index (χ2v) is 4.92. The van der Waals surface area contributed by atoms with E-state index in [1.54, 1.807) is 4.90 Å². The van der Waals surface area contributed by atoms with Crippen molar-refractivity contribution in [3.8, 4) is 0 Å². The number of nitrogens with two attached hydrogens (primary N) is 1. The van der Waals surface area contributed by atoms with E-state index in [-0.39, 0.29) is 17.7 Å². The summed E-state index contributed by atoms with van der Waals surface area (Å²) in [5, 5.41) is 0. The highest BCUT2D eigenvalue weighted by atomic mass is 19.4. The average molecular weight is 304 g/mol. The molecule has 21 heavy (non-hydrogen) atoms. The lowest BCUT2D eigenvalue weighted by Gasteiger charge is -2.26. The summed E-state index contributed by atoms with van der Waals surface area (Å²) in [6, 6.07) is 1.93. The van der Waals surface area contributed by atoms with E-state index in [4.69, 9.17) is 10.6 Å². The summed E-state index contributed by atoms with van der Waals surface area (Å²) in [6.07, 6.45) is -2.51. The Morgan fingerprint density at radius 1 is 1.48 bits per heavy atom. The molecule has 2 heterocycles. The molecule has 1 aromatic heterocycles. The summed E-state index contributed by atoms with van der Waals surface area (Å²) in [6.45, 7) is 3.63. The van der Waals surface area contributed by atoms with Crippen LogP contribution in [0, 0.1) is 0 Å². The van der Waals surface area contributed by atoms with Crippen LogP contribution < -0.4 is 16.2 Å². The Labute approximate surface area is 121 Å². The Kier molecular flexibility index (Phi) is 4.89. The predicted octanol–water partition coefficient (Wildman–Crippen LogP) is 2.39. The molecule has 1 aliphatic heterocycles. The molecule has 1 atom stereocenters. The van der Waals surface area contributed by atoms with Crippen LogP contribution in [0.3, 0.4) is 0 Å². The van der Waals surface area contributed by atoms with Crippen molar-refractivity contribution >= 4 is 11.6 Å². The molecule has 1 aromatic rings. The number of rotatable bonds is 5. The van der Waals surface area contributed by atoms with Crippen molar-refractivity contribution in [3.05, 3.63) is 17.7 Å². The molecule has 1 aliphatic rings. The second kappa shape index (κ2) is 6.48. The molecule has 0 aromatic carbocycles. The third-order valence-electron chi connectivity index (χ3n) is 3.44. The van der Waals surface area contributed by atoms with Crippen LogP contribution in [0.5, 0.6) is 0 Å². The van der Waals surface area contributed by atoms with Gasteiger partial charge in [-0.3, -0.25) is 0 Å². The van der Waals surface area contributed by atoms with Gasteiger partial charge in [-0.25, -0.2) is 10.8 Å². The molecule has 0 amide bonds. The highest BCUT2D eigenvalue weighted by Crippen LogP contribution is 2.33. The van der Waals surface area contributed by atoms with Gasteiger partial charge in [-0.2, -0.15) is 13.2 Å². The van der Waals surface area contributed by atoms with Gasteiger partial charge in [0.25, 0.3) is 0 Å². The standard InChI is InChI=1S/C13H19F3N4O/c1-2-20(8-10-4-3-5-21-10)12-7-9(13(14,15)16)6-11(18-12)19-17/h6-7,10H,2-5,8,17H2,1H3,(H,18,19). The maximum Gasteiger partial charge on any atom is 0.416 e. The number of alkyl halides is 3. The molecule has 3 N–H and O–H groups in total. The third-order valence-corrected chi connectivity index (χ3v) is 3.44. The van der Waals surface area contributed by atoms with Crippen molar-refractivity contribution in [1.29, 1.82) is 0 Å². The fourth-order valence-corrected chi connectivity index (χ4v) is 2.33. The highest BCUT2D eigenvalue weighted by molar-refractivity contribution is 5.51. The van der Waals surface area contributed by atoms with E-state index in [0.717, 1.165) is 25.0 Å². The van der Waals surface area contributed by atoms with Crippen molar-refractivity contribution in [2.45, 2.75) is 32.0 Å². The van der Waals surface area contributed by atoms with Gasteiger partial charge in [0.1, 0.15) is 11.6 Å². The first-order valence-electron chi connectivity index (χ1n) is 6.86. The number of hydrazine groups is 1. The first-order valence-corrected chi connectivity index (χ1v) is 6.86. The minimum Gasteiger partial charge on any atom is -0.376 e. The van der Waals surface area contributed by atoms with E-state index in [9.17, 15) is 13.2 Å². The van der Waals surface area contributed by atoms with Crippen LogP contribution in [0.25, 0.3) is 0 Å². The number of hydrogen-bond acceptors (Lipinski definition) is 5. The summed E-state index contributed by atoms with van der Waals surface area (Å²) >= 11 is 0. The molecule has 0 bridgehead atoms. The van der Waals surface area contributed by atoms with Crippen LogP contribution in [0.4, 0.5) is 24.8 Å². The number of aromatic nitrogens is 1. The topological polar surface area (TPSA) is 63.4 Å². The molecule has 0 spiro atoms. The first-order chi connectivity index (χ1) is 9.94. The Morgan fingerprint density at radius 2 is 2.24 bits per heavy atom. The van der Waals surface area contributed by atoms with E-state index in [0.29, 0.717) is 19.7 Å². The average Bonchev–Trinajstić information content (AvgIpc) is 2.96. The highest BCUT2D eigenvalue weighted by Gasteiger charge is 2.32. The zero-order chi connectivity index (χ0) is 15.5. The Bertz CT molecular complexity index is 475. The summed E-state index contributed by atoms with van der Waals surface area (Å²) in [5.74, 6) is 5.45. The van der Waals surface area contributed by atoms with E-state index >= 15 is 0 Å². The van der Waals surface area contributed by atoms with Gasteiger partial charge in [0.2, 0.25) is 0 Å². The van der Waals surface area contributed by atoms with Crippen molar-refractivity contribution in [3.63, 3.8) is 0 Å². The predicted molar refractivity (Wildman–Crippen MR) is 73.9 cm³/mol. The number of ether oxygens (including phenoxy) is 1. The SMILES string of the molecule is CCN(CC1CCCO1)c1cc(C(F)(F)F)cc(NN)n1. The van der Waals surface area contributed by atoms with Gasteiger partial charge in [0.05, 0.1) is 11.7 Å². The lowest BCUT2D eigenvalue weighted by atomic mass is 10.2. The van der Waals surface area contributed by atoms with E-state index in [1.807, 2.05) is 6.92 Å². The Hall–Kier alpha value is -1.54. The molecule has 1 saturated heterocycles. The van der Waals surface area contributed by atoms with Crippen molar-refractivity contribution in [2.24, 2.45) is 5.84 Å². The smallest absolute Gasteiger partial charge is 0.376 e. The van der Waals surface area contributed by atoms with Crippen LogP contribution >= 0.6 is 0 Å². The number of pyridine rings is 1. The Morgan fingerprint density at radius 3 is 2.76 bits per heavy atom. The lowest BCUT2D eigenvalue weighted by molar-refractivity contribution is -0.137. The first kappa shape index (κ1) is 15.8. The Balaban J connectivity index is 2.26. The van der Waals surface area contributed by atoms with Gasteiger partial charge in [-0.05, 0) is 31.9 Å². The fourth-order valence-electron chi connectivity index (χ4n) is 2.33. The molecule has 0 radical (unpaired) electrons. The molecule has 2 rings (SSSR count). The second-order valence-electron chi connectivity index (χ2n) is 4.92. The molecule has 5 nitrogen and oxygen atoms in total. The van der Waals surface area contributed by atoms with Crippen LogP contribution in [0.2, 0.25) is 0 Å². The van der Waals surface area contributed by atoms with Crippen molar-refractivity contribution < 1.29 is 17.9 Å². The monoisotopic (exact) mass is 304 g/mol. The maximum atomic E-state index is 12.9. The molecule has 1 unspecified atom stereocenters. The van der Waals surface area contributed by atoms with Crippen LogP contribution in [0.1, 0.15) is 25.3 Å². The molecule has 0 aliphatic carbocycles. The van der Waals surface area contributed by atoms with Crippen LogP contribution in [0.15, 0.2) is 12.1 Å². The number of nitrogen functional groups attached to an aromatic ring is 1. The van der Waals surface area contributed by atoms with E-state index < -0.39 is 11.7 Å². The largest absolute Gasteiger partial charge is 0.416 e. The minimum absolute atomic E-state index is 0.00869. The van der Waals surface area contributed by atoms with Crippen LogP contribution in [-0.4, -0.2) is 30.8 Å². The molecular formula is C13H19F3N4O. The zero-order valence-corrected chi connectivity index (χ0v) is 11.8. The number of nitrogens with zero attached hydrogens (tertiary/aromatic N) is 2. The number of anilines is 2. The molecule has 8 heteroatoms. The van der Waals surface area contributed by atoms with Gasteiger partial charge in [0, 0.05) is 19.7 Å². The minimum atomic E-state index is -4.44. The molecule has 118 valence electrons. The summed E-state index contributed by atoms with van der Waals surface area (Å²) in [5.41, 5.74) is 1.41. The molecular weight excluding hydrogens is 285 g/mol. The van der Waals surface area contributed by atoms with Gasteiger partial charge in [-0.1, -0.05) is 0 Å². The summed E-state index contributed by atoms with van der Waals surface area (Å²) in [7, 11) is 0. The van der Waals surface area contributed by atoms with Gasteiger partial charge < -0.3 is 15.1 Å². The summed E-state index contributed by atoms with van der Waals surface area (Å²) in [4.78, 5) is 5.88. The summed E-state index contributed by atoms with van der Waals surface area (Å²) < 4.78 is 44.3. The number of likely N-dealkylation sites (N-methyl/N-ethyl adjacent to an activating group) is 1.